The van der Waals surface area contributed by atoms with Crippen LogP contribution in [0.4, 0.5) is 0 Å². The normalized spacial score (nSPS) is 20.8. The standard InChI is InChI=1S/C9H15N3O2/c1-12-5-7(10-11-12)4-8(13)9(14)6-2-3-6/h5-6,8-9,13-14H,2-4H2,1H3. The molecule has 78 valence electrons. The van der Waals surface area contributed by atoms with Crippen LogP contribution in [0.5, 0.6) is 0 Å². The van der Waals surface area contributed by atoms with Crippen LogP contribution in [0.2, 0.25) is 0 Å². The molecule has 1 heterocycles. The first kappa shape index (κ1) is 9.61. The Hall–Kier alpha value is -0.940. The summed E-state index contributed by atoms with van der Waals surface area (Å²) in [5, 5.41) is 26.9. The van der Waals surface area contributed by atoms with Crippen molar-refractivity contribution in [3.05, 3.63) is 11.9 Å². The minimum atomic E-state index is -0.709. The molecule has 14 heavy (non-hydrogen) atoms. The van der Waals surface area contributed by atoms with Crippen molar-refractivity contribution in [3.8, 4) is 0 Å². The fourth-order valence-electron chi connectivity index (χ4n) is 1.58. The second kappa shape index (κ2) is 3.67. The third-order valence-corrected chi connectivity index (χ3v) is 2.57. The number of aryl methyl sites for hydroxylation is 1. The summed E-state index contributed by atoms with van der Waals surface area (Å²) < 4.78 is 1.59. The van der Waals surface area contributed by atoms with Crippen LogP contribution in [-0.2, 0) is 13.5 Å². The number of hydrogen-bond acceptors (Lipinski definition) is 4. The van der Waals surface area contributed by atoms with Crippen LogP contribution in [0, 0.1) is 5.92 Å². The highest BCUT2D eigenvalue weighted by atomic mass is 16.3. The molecular weight excluding hydrogens is 182 g/mol. The molecule has 1 saturated carbocycles. The SMILES string of the molecule is Cn1cc(CC(O)C(O)C2CC2)nn1. The van der Waals surface area contributed by atoms with Crippen molar-refractivity contribution in [2.24, 2.45) is 13.0 Å². The van der Waals surface area contributed by atoms with E-state index in [1.54, 1.807) is 17.9 Å². The van der Waals surface area contributed by atoms with E-state index in [1.165, 1.54) is 0 Å². The fraction of sp³-hybridized carbons (Fsp3) is 0.778. The van der Waals surface area contributed by atoms with Crippen LogP contribution in [0.1, 0.15) is 18.5 Å². The van der Waals surface area contributed by atoms with Crippen molar-refractivity contribution in [1.29, 1.82) is 0 Å². The van der Waals surface area contributed by atoms with E-state index in [2.05, 4.69) is 10.3 Å². The Labute approximate surface area is 82.4 Å². The average molecular weight is 197 g/mol. The molecule has 5 heteroatoms. The van der Waals surface area contributed by atoms with E-state index in [0.717, 1.165) is 18.5 Å². The lowest BCUT2D eigenvalue weighted by Crippen LogP contribution is -2.29. The molecule has 0 radical (unpaired) electrons. The Balaban J connectivity index is 1.89. The van der Waals surface area contributed by atoms with Gasteiger partial charge >= 0.3 is 0 Å². The monoisotopic (exact) mass is 197 g/mol. The molecule has 1 aromatic rings. The maximum Gasteiger partial charge on any atom is 0.0858 e. The number of rotatable bonds is 4. The predicted molar refractivity (Wildman–Crippen MR) is 49.4 cm³/mol. The van der Waals surface area contributed by atoms with Crippen LogP contribution in [-0.4, -0.2) is 37.4 Å². The summed E-state index contributed by atoms with van der Waals surface area (Å²) in [6.07, 6.45) is 2.88. The predicted octanol–water partition coefficient (Wildman–Crippen LogP) is -0.511. The molecule has 1 aromatic heterocycles. The zero-order valence-electron chi connectivity index (χ0n) is 8.17. The molecule has 0 saturated heterocycles. The molecule has 2 atom stereocenters. The molecule has 2 unspecified atom stereocenters. The number of hydrogen-bond donors (Lipinski definition) is 2. The number of nitrogens with zero attached hydrogens (tertiary/aromatic N) is 3. The van der Waals surface area contributed by atoms with E-state index in [0.29, 0.717) is 12.3 Å². The number of aromatic nitrogens is 3. The lowest BCUT2D eigenvalue weighted by atomic mass is 10.1. The van der Waals surface area contributed by atoms with Gasteiger partial charge in [0, 0.05) is 19.7 Å². The van der Waals surface area contributed by atoms with Crippen LogP contribution in [0.25, 0.3) is 0 Å². The Morgan fingerprint density at radius 2 is 2.29 bits per heavy atom. The van der Waals surface area contributed by atoms with Crippen molar-refractivity contribution in [1.82, 2.24) is 15.0 Å². The first-order valence-electron chi connectivity index (χ1n) is 4.88. The Kier molecular flexibility index (Phi) is 2.52. The highest BCUT2D eigenvalue weighted by Crippen LogP contribution is 2.34. The van der Waals surface area contributed by atoms with E-state index in [-0.39, 0.29) is 0 Å². The van der Waals surface area contributed by atoms with Gasteiger partial charge < -0.3 is 10.2 Å². The van der Waals surface area contributed by atoms with Crippen LogP contribution in [0.15, 0.2) is 6.20 Å². The zero-order chi connectivity index (χ0) is 10.1. The summed E-state index contributed by atoms with van der Waals surface area (Å²) in [6, 6.07) is 0. The quantitative estimate of drug-likeness (QED) is 0.682. The maximum atomic E-state index is 9.66. The van der Waals surface area contributed by atoms with Crippen LogP contribution < -0.4 is 0 Å². The fourth-order valence-corrected chi connectivity index (χ4v) is 1.58. The molecular formula is C9H15N3O2. The lowest BCUT2D eigenvalue weighted by Gasteiger charge is -2.15. The average Bonchev–Trinajstić information content (AvgIpc) is 2.91. The van der Waals surface area contributed by atoms with Gasteiger partial charge in [-0.3, -0.25) is 4.68 Å². The highest BCUT2D eigenvalue weighted by molar-refractivity contribution is 4.97. The molecule has 0 spiro atoms. The molecule has 2 rings (SSSR count). The van der Waals surface area contributed by atoms with Gasteiger partial charge in [0.2, 0.25) is 0 Å². The summed E-state index contributed by atoms with van der Waals surface area (Å²) >= 11 is 0. The van der Waals surface area contributed by atoms with Crippen molar-refractivity contribution in [3.63, 3.8) is 0 Å². The van der Waals surface area contributed by atoms with Gasteiger partial charge in [-0.1, -0.05) is 5.21 Å². The Morgan fingerprint density at radius 1 is 1.57 bits per heavy atom. The highest BCUT2D eigenvalue weighted by Gasteiger charge is 2.34. The smallest absolute Gasteiger partial charge is 0.0858 e. The topological polar surface area (TPSA) is 71.2 Å². The van der Waals surface area contributed by atoms with E-state index in [4.69, 9.17) is 0 Å². The third-order valence-electron chi connectivity index (χ3n) is 2.57. The van der Waals surface area contributed by atoms with E-state index >= 15 is 0 Å². The summed E-state index contributed by atoms with van der Waals surface area (Å²) in [5.41, 5.74) is 0.722. The van der Waals surface area contributed by atoms with Gasteiger partial charge in [0.05, 0.1) is 17.9 Å². The zero-order valence-corrected chi connectivity index (χ0v) is 8.17. The van der Waals surface area contributed by atoms with Gasteiger partial charge in [0.25, 0.3) is 0 Å². The number of aliphatic hydroxyl groups excluding tert-OH is 2. The maximum absolute atomic E-state index is 9.66. The summed E-state index contributed by atoms with van der Waals surface area (Å²) in [5.74, 6) is 0.293. The Bertz CT molecular complexity index is 309. The molecule has 1 aliphatic rings. The molecule has 0 aromatic carbocycles. The van der Waals surface area contributed by atoms with E-state index in [1.807, 2.05) is 0 Å². The van der Waals surface area contributed by atoms with Gasteiger partial charge in [-0.25, -0.2) is 0 Å². The molecule has 1 aliphatic carbocycles. The van der Waals surface area contributed by atoms with Crippen molar-refractivity contribution in [2.45, 2.75) is 31.5 Å². The first-order valence-corrected chi connectivity index (χ1v) is 4.88. The van der Waals surface area contributed by atoms with Crippen molar-refractivity contribution >= 4 is 0 Å². The number of aliphatic hydroxyl groups is 2. The Morgan fingerprint density at radius 3 is 2.79 bits per heavy atom. The second-order valence-corrected chi connectivity index (χ2v) is 3.98. The largest absolute Gasteiger partial charge is 0.390 e. The first-order chi connectivity index (χ1) is 6.66. The summed E-state index contributed by atoms with van der Waals surface area (Å²) in [7, 11) is 1.78. The molecule has 0 amide bonds. The van der Waals surface area contributed by atoms with Crippen LogP contribution >= 0.6 is 0 Å². The van der Waals surface area contributed by atoms with Crippen LogP contribution in [0.3, 0.4) is 0 Å². The summed E-state index contributed by atoms with van der Waals surface area (Å²) in [4.78, 5) is 0. The van der Waals surface area contributed by atoms with Gasteiger partial charge in [-0.05, 0) is 18.8 Å². The molecule has 2 N–H and O–H groups in total. The van der Waals surface area contributed by atoms with Gasteiger partial charge in [-0.15, -0.1) is 5.10 Å². The van der Waals surface area contributed by atoms with Gasteiger partial charge in [-0.2, -0.15) is 0 Å². The minimum absolute atomic E-state index is 0.293. The van der Waals surface area contributed by atoms with E-state index < -0.39 is 12.2 Å². The second-order valence-electron chi connectivity index (χ2n) is 3.98. The van der Waals surface area contributed by atoms with E-state index in [9.17, 15) is 10.2 Å². The third kappa shape index (κ3) is 2.10. The molecule has 0 bridgehead atoms. The van der Waals surface area contributed by atoms with Gasteiger partial charge in [0.1, 0.15) is 0 Å². The molecule has 5 nitrogen and oxygen atoms in total. The minimum Gasteiger partial charge on any atom is -0.390 e. The summed E-state index contributed by atoms with van der Waals surface area (Å²) in [6.45, 7) is 0. The lowest BCUT2D eigenvalue weighted by molar-refractivity contribution is 0.00621. The van der Waals surface area contributed by atoms with Gasteiger partial charge in [0.15, 0.2) is 0 Å². The van der Waals surface area contributed by atoms with Crippen molar-refractivity contribution < 1.29 is 10.2 Å². The molecule has 1 fully saturated rings. The molecule has 0 aliphatic heterocycles. The van der Waals surface area contributed by atoms with Crippen molar-refractivity contribution in [2.75, 3.05) is 0 Å².